The van der Waals surface area contributed by atoms with Crippen LogP contribution in [0.2, 0.25) is 5.02 Å². The van der Waals surface area contributed by atoms with Crippen LogP contribution in [0.3, 0.4) is 0 Å². The summed E-state index contributed by atoms with van der Waals surface area (Å²) in [5.41, 5.74) is 15.9. The van der Waals surface area contributed by atoms with Gasteiger partial charge in [0.25, 0.3) is 0 Å². The van der Waals surface area contributed by atoms with E-state index in [1.165, 1.54) is 41.2 Å². The molecule has 3 heterocycles. The van der Waals surface area contributed by atoms with Gasteiger partial charge >= 0.3 is 5.97 Å². The molecule has 0 fully saturated rings. The smallest absolute Gasteiger partial charge is 0.326 e. The SMILES string of the molecule is C[C@@H](C(=O)O)N(CCOc1ccc(-c2c(C#N)c(N)nc(SCc3csc(-c4ccc(Cl)cc4)n3)c2C#N)cc1)C(=O)[C@@H](N)Cc1cnc[nH]1.Cl.Cl. The second-order valence-corrected chi connectivity index (χ2v) is 13.2. The minimum absolute atomic E-state index is 0. The largest absolute Gasteiger partial charge is 0.492 e. The van der Waals surface area contributed by atoms with Crippen molar-refractivity contribution in [2.45, 2.75) is 36.2 Å². The number of pyridine rings is 1. The lowest BCUT2D eigenvalue weighted by Crippen LogP contribution is -2.52. The number of carboxylic acids is 1. The predicted molar refractivity (Wildman–Crippen MR) is 205 cm³/mol. The molecule has 52 heavy (non-hydrogen) atoms. The van der Waals surface area contributed by atoms with E-state index in [-0.39, 0.29) is 61.3 Å². The van der Waals surface area contributed by atoms with Gasteiger partial charge < -0.3 is 31.2 Å². The Morgan fingerprint density at radius 2 is 1.75 bits per heavy atom. The molecule has 1 amide bonds. The van der Waals surface area contributed by atoms with E-state index >= 15 is 0 Å². The maximum atomic E-state index is 13.1. The van der Waals surface area contributed by atoms with Crippen molar-refractivity contribution < 1.29 is 19.4 Å². The van der Waals surface area contributed by atoms with Crippen LogP contribution in [0.1, 0.15) is 29.4 Å². The zero-order chi connectivity index (χ0) is 35.8. The number of nitrogens with one attached hydrogen (secondary N) is 1. The van der Waals surface area contributed by atoms with E-state index in [0.29, 0.717) is 38.4 Å². The second-order valence-electron chi connectivity index (χ2n) is 10.9. The molecular formula is C34H32Cl3N9O4S2. The molecule has 3 aromatic heterocycles. The number of thioether (sulfide) groups is 1. The summed E-state index contributed by atoms with van der Waals surface area (Å²) >= 11 is 8.79. The Balaban J connectivity index is 0.00000364. The molecule has 0 spiro atoms. The van der Waals surface area contributed by atoms with Gasteiger partial charge in [-0.05, 0) is 36.8 Å². The number of benzene rings is 2. The summed E-state index contributed by atoms with van der Waals surface area (Å²) in [5.74, 6) is -0.895. The van der Waals surface area contributed by atoms with Crippen LogP contribution in [0, 0.1) is 22.7 Å². The summed E-state index contributed by atoms with van der Waals surface area (Å²) in [6.45, 7) is 1.34. The number of halogens is 3. The number of H-pyrrole nitrogens is 1. The van der Waals surface area contributed by atoms with Gasteiger partial charge in [0.1, 0.15) is 52.0 Å². The molecular weight excluding hydrogens is 769 g/mol. The number of carbonyl (C=O) groups excluding carboxylic acids is 1. The molecule has 6 N–H and O–H groups in total. The van der Waals surface area contributed by atoms with Crippen LogP contribution in [0.15, 0.2) is 71.5 Å². The summed E-state index contributed by atoms with van der Waals surface area (Å²) in [6.07, 6.45) is 3.18. The van der Waals surface area contributed by atoms with Crippen molar-refractivity contribution in [1.29, 1.82) is 10.5 Å². The summed E-state index contributed by atoms with van der Waals surface area (Å²) in [4.78, 5) is 41.9. The lowest BCUT2D eigenvalue weighted by Gasteiger charge is -2.29. The molecule has 0 bridgehead atoms. The molecule has 2 aromatic carbocycles. The van der Waals surface area contributed by atoms with Gasteiger partial charge in [-0.25, -0.2) is 19.7 Å². The fourth-order valence-electron chi connectivity index (χ4n) is 4.97. The van der Waals surface area contributed by atoms with Gasteiger partial charge in [-0.3, -0.25) is 4.79 Å². The number of carbonyl (C=O) groups is 2. The molecule has 2 atom stereocenters. The van der Waals surface area contributed by atoms with Crippen LogP contribution in [0.25, 0.3) is 21.7 Å². The summed E-state index contributed by atoms with van der Waals surface area (Å²) < 4.78 is 5.85. The molecule has 0 aliphatic rings. The number of hydrogen-bond donors (Lipinski definition) is 4. The molecule has 0 radical (unpaired) electrons. The Kier molecular flexibility index (Phi) is 15.3. The number of nitriles is 2. The molecule has 0 saturated carbocycles. The van der Waals surface area contributed by atoms with Crippen LogP contribution in [0.5, 0.6) is 5.75 Å². The number of aromatic nitrogens is 4. The maximum absolute atomic E-state index is 13.1. The Labute approximate surface area is 324 Å². The second kappa shape index (κ2) is 19.1. The van der Waals surface area contributed by atoms with E-state index in [4.69, 9.17) is 32.8 Å². The molecule has 18 heteroatoms. The van der Waals surface area contributed by atoms with Crippen LogP contribution in [-0.4, -0.2) is 67.1 Å². The Bertz CT molecular complexity index is 2070. The molecule has 0 unspecified atom stereocenters. The number of thiazole rings is 1. The van der Waals surface area contributed by atoms with Gasteiger partial charge in [-0.15, -0.1) is 36.2 Å². The molecule has 0 saturated heterocycles. The van der Waals surface area contributed by atoms with Crippen molar-refractivity contribution in [3.63, 3.8) is 0 Å². The molecule has 5 aromatic rings. The maximum Gasteiger partial charge on any atom is 0.326 e. The molecule has 0 aliphatic carbocycles. The fourth-order valence-corrected chi connectivity index (χ4v) is 6.92. The zero-order valence-corrected chi connectivity index (χ0v) is 31.4. The van der Waals surface area contributed by atoms with E-state index in [2.05, 4.69) is 27.1 Å². The molecule has 270 valence electrons. The highest BCUT2D eigenvalue weighted by atomic mass is 35.5. The van der Waals surface area contributed by atoms with Crippen LogP contribution in [0.4, 0.5) is 5.82 Å². The van der Waals surface area contributed by atoms with Crippen molar-refractivity contribution in [3.05, 3.63) is 94.0 Å². The summed E-state index contributed by atoms with van der Waals surface area (Å²) in [7, 11) is 0. The van der Waals surface area contributed by atoms with Gasteiger partial charge in [0.05, 0.1) is 30.2 Å². The van der Waals surface area contributed by atoms with Crippen molar-refractivity contribution in [3.8, 4) is 39.6 Å². The van der Waals surface area contributed by atoms with E-state index in [1.54, 1.807) is 42.6 Å². The van der Waals surface area contributed by atoms with Gasteiger partial charge in [0.2, 0.25) is 5.91 Å². The van der Waals surface area contributed by atoms with Gasteiger partial charge in [0, 0.05) is 45.6 Å². The van der Waals surface area contributed by atoms with Gasteiger partial charge in [-0.1, -0.05) is 47.6 Å². The lowest BCUT2D eigenvalue weighted by atomic mass is 9.97. The minimum Gasteiger partial charge on any atom is -0.492 e. The Morgan fingerprint density at radius 3 is 2.37 bits per heavy atom. The summed E-state index contributed by atoms with van der Waals surface area (Å²) in [6, 6.07) is 16.2. The third-order valence-corrected chi connectivity index (χ3v) is 9.78. The quantitative estimate of drug-likeness (QED) is 0.0956. The monoisotopic (exact) mass is 799 g/mol. The fraction of sp³-hybridized carbons (Fsp3) is 0.206. The standard InChI is InChI=1S/C34H30ClN9O4S2.2ClH/c1-19(34(46)47)44(33(45)28(38)12-23-15-40-18-41-23)10-11-48-25-8-4-20(5-9-25)29-26(13-36)30(39)43-32(27(29)14-37)50-17-24-16-49-31(42-24)21-2-6-22(35)7-3-21;;/h2-9,15-16,18-19,28H,10-12,17,38H2,1H3,(H2,39,43)(H,40,41)(H,46,47);2*1H/t19-,28-;;/m0../s1. The number of aromatic amines is 1. The first-order valence-electron chi connectivity index (χ1n) is 15.1. The number of nitrogens with two attached hydrogens (primary N) is 2. The number of hydrogen-bond acceptors (Lipinski definition) is 12. The Hall–Kier alpha value is -4.87. The number of amides is 1. The van der Waals surface area contributed by atoms with Crippen molar-refractivity contribution in [2.24, 2.45) is 5.73 Å². The average Bonchev–Trinajstić information content (AvgIpc) is 3.81. The van der Waals surface area contributed by atoms with Crippen LogP contribution in [-0.2, 0) is 21.8 Å². The van der Waals surface area contributed by atoms with E-state index < -0.39 is 24.0 Å². The highest BCUT2D eigenvalue weighted by Gasteiger charge is 2.29. The number of ether oxygens (including phenoxy) is 1. The number of aliphatic carboxylic acids is 1. The molecule has 0 aliphatic heterocycles. The van der Waals surface area contributed by atoms with E-state index in [9.17, 15) is 25.2 Å². The number of rotatable bonds is 14. The summed E-state index contributed by atoms with van der Waals surface area (Å²) in [5, 5.41) is 33.5. The topological polar surface area (TPSA) is 221 Å². The predicted octanol–water partition coefficient (Wildman–Crippen LogP) is 5.96. The Morgan fingerprint density at radius 1 is 1.08 bits per heavy atom. The first-order chi connectivity index (χ1) is 24.1. The minimum atomic E-state index is -1.18. The first kappa shape index (κ1) is 41.5. The van der Waals surface area contributed by atoms with Crippen molar-refractivity contribution in [2.75, 3.05) is 18.9 Å². The van der Waals surface area contributed by atoms with Crippen molar-refractivity contribution in [1.82, 2.24) is 24.8 Å². The normalized spacial score (nSPS) is 11.6. The molecule has 13 nitrogen and oxygen atoms in total. The third kappa shape index (κ3) is 9.92. The highest BCUT2D eigenvalue weighted by molar-refractivity contribution is 7.98. The first-order valence-corrected chi connectivity index (χ1v) is 17.3. The lowest BCUT2D eigenvalue weighted by molar-refractivity contribution is -0.150. The van der Waals surface area contributed by atoms with Crippen molar-refractivity contribution >= 4 is 77.2 Å². The number of nitrogen functional groups attached to an aromatic ring is 1. The van der Waals surface area contributed by atoms with E-state index in [0.717, 1.165) is 16.3 Å². The van der Waals surface area contributed by atoms with Gasteiger partial charge in [-0.2, -0.15) is 10.5 Å². The zero-order valence-electron chi connectivity index (χ0n) is 27.4. The van der Waals surface area contributed by atoms with Crippen LogP contribution >= 0.6 is 59.5 Å². The number of anilines is 1. The molecule has 5 rings (SSSR count). The van der Waals surface area contributed by atoms with Gasteiger partial charge in [0.15, 0.2) is 0 Å². The third-order valence-electron chi connectivity index (χ3n) is 7.58. The number of imidazole rings is 1. The highest BCUT2D eigenvalue weighted by Crippen LogP contribution is 2.37. The van der Waals surface area contributed by atoms with Crippen LogP contribution < -0.4 is 16.2 Å². The van der Waals surface area contributed by atoms with E-state index in [1.807, 2.05) is 17.5 Å². The average molecular weight is 801 g/mol. The number of nitrogens with zero attached hydrogens (tertiary/aromatic N) is 6. The number of carboxylic acid groups (broad SMARTS) is 1.